The largest absolute Gasteiger partial charge is 0.494 e. The number of nitrogens with two attached hydrogens (primary N) is 1. The van der Waals surface area contributed by atoms with Crippen LogP contribution in [0.15, 0.2) is 30.3 Å². The van der Waals surface area contributed by atoms with Crippen LogP contribution in [0.1, 0.15) is 33.5 Å². The van der Waals surface area contributed by atoms with Gasteiger partial charge in [0.2, 0.25) is 0 Å². The third-order valence-corrected chi connectivity index (χ3v) is 2.85. The van der Waals surface area contributed by atoms with Crippen LogP contribution in [0.3, 0.4) is 0 Å². The van der Waals surface area contributed by atoms with E-state index < -0.39 is 0 Å². The van der Waals surface area contributed by atoms with E-state index in [2.05, 4.69) is 36.1 Å². The fourth-order valence-corrected chi connectivity index (χ4v) is 1.81. The number of ether oxygens (including phenoxy) is 1. The zero-order valence-corrected chi connectivity index (χ0v) is 13.0. The number of nitrogen functional groups attached to an aromatic ring is 1. The smallest absolute Gasteiger partial charge is 0.138 e. The van der Waals surface area contributed by atoms with Crippen molar-refractivity contribution in [2.45, 2.75) is 33.1 Å². The maximum Gasteiger partial charge on any atom is 0.138 e. The molecule has 0 spiro atoms. The van der Waals surface area contributed by atoms with Gasteiger partial charge in [-0.25, -0.2) is 9.97 Å². The number of nitrogens with one attached hydrogen (secondary N) is 1. The molecule has 1 heterocycles. The highest BCUT2D eigenvalue weighted by Crippen LogP contribution is 2.24. The predicted octanol–water partition coefficient (Wildman–Crippen LogP) is 3.50. The lowest BCUT2D eigenvalue weighted by Gasteiger charge is -2.18. The Kier molecular flexibility index (Phi) is 4.31. The van der Waals surface area contributed by atoms with Crippen molar-refractivity contribution in [1.82, 2.24) is 9.97 Å². The molecule has 0 aliphatic heterocycles. The topological polar surface area (TPSA) is 73.1 Å². The molecule has 0 aliphatic rings. The van der Waals surface area contributed by atoms with E-state index in [0.29, 0.717) is 18.2 Å². The van der Waals surface area contributed by atoms with E-state index >= 15 is 0 Å². The molecule has 5 heteroatoms. The van der Waals surface area contributed by atoms with Gasteiger partial charge in [0.1, 0.15) is 23.2 Å². The molecule has 0 saturated heterocycles. The van der Waals surface area contributed by atoms with Crippen LogP contribution in [0.25, 0.3) is 0 Å². The number of aromatic nitrogens is 2. The summed E-state index contributed by atoms with van der Waals surface area (Å²) < 4.78 is 5.42. The number of anilines is 3. The molecule has 0 fully saturated rings. The van der Waals surface area contributed by atoms with E-state index in [0.717, 1.165) is 17.3 Å². The summed E-state index contributed by atoms with van der Waals surface area (Å²) >= 11 is 0. The molecule has 0 aliphatic carbocycles. The van der Waals surface area contributed by atoms with Crippen molar-refractivity contribution in [3.05, 3.63) is 36.2 Å². The molecule has 112 valence electrons. The minimum Gasteiger partial charge on any atom is -0.494 e. The Hall–Kier alpha value is -2.30. The van der Waals surface area contributed by atoms with Crippen LogP contribution in [0, 0.1) is 0 Å². The normalized spacial score (nSPS) is 11.2. The van der Waals surface area contributed by atoms with Gasteiger partial charge in [-0.3, -0.25) is 0 Å². The van der Waals surface area contributed by atoms with Crippen LogP contribution in [0.5, 0.6) is 5.75 Å². The second-order valence-corrected chi connectivity index (χ2v) is 5.83. The summed E-state index contributed by atoms with van der Waals surface area (Å²) in [4.78, 5) is 8.82. The van der Waals surface area contributed by atoms with Gasteiger partial charge >= 0.3 is 0 Å². The highest BCUT2D eigenvalue weighted by atomic mass is 16.5. The third kappa shape index (κ3) is 4.08. The molecule has 0 amide bonds. The zero-order chi connectivity index (χ0) is 15.5. The maximum absolute atomic E-state index is 5.86. The summed E-state index contributed by atoms with van der Waals surface area (Å²) in [5, 5.41) is 3.24. The first-order valence-corrected chi connectivity index (χ1v) is 7.03. The Bertz CT molecular complexity index is 603. The van der Waals surface area contributed by atoms with Gasteiger partial charge in [0.15, 0.2) is 0 Å². The molecule has 1 aromatic carbocycles. The number of nitrogens with zero attached hydrogens (tertiary/aromatic N) is 2. The fourth-order valence-electron chi connectivity index (χ4n) is 1.81. The summed E-state index contributed by atoms with van der Waals surface area (Å²) in [5.41, 5.74) is 6.64. The lowest BCUT2D eigenvalue weighted by molar-refractivity contribution is 0.340. The molecular formula is C16H22N4O. The van der Waals surface area contributed by atoms with Crippen molar-refractivity contribution < 1.29 is 4.74 Å². The molecular weight excluding hydrogens is 264 g/mol. The molecule has 0 bridgehead atoms. The van der Waals surface area contributed by atoms with Crippen molar-refractivity contribution >= 4 is 17.3 Å². The van der Waals surface area contributed by atoms with Crippen molar-refractivity contribution in [1.29, 1.82) is 0 Å². The van der Waals surface area contributed by atoms with Crippen LogP contribution >= 0.6 is 0 Å². The number of hydrogen-bond acceptors (Lipinski definition) is 5. The Morgan fingerprint density at radius 3 is 2.38 bits per heavy atom. The molecule has 0 radical (unpaired) electrons. The molecule has 0 atom stereocenters. The number of benzene rings is 1. The van der Waals surface area contributed by atoms with E-state index in [1.807, 2.05) is 31.2 Å². The highest BCUT2D eigenvalue weighted by Gasteiger charge is 2.18. The zero-order valence-electron chi connectivity index (χ0n) is 13.0. The minimum atomic E-state index is -0.148. The summed E-state index contributed by atoms with van der Waals surface area (Å²) in [6.07, 6.45) is 0. The van der Waals surface area contributed by atoms with Gasteiger partial charge in [-0.05, 0) is 31.2 Å². The lowest BCUT2D eigenvalue weighted by atomic mass is 9.96. The quantitative estimate of drug-likeness (QED) is 0.900. The second-order valence-electron chi connectivity index (χ2n) is 5.83. The summed E-state index contributed by atoms with van der Waals surface area (Å²) in [5.74, 6) is 2.72. The van der Waals surface area contributed by atoms with Gasteiger partial charge in [0, 0.05) is 17.2 Å². The molecule has 1 aromatic heterocycles. The summed E-state index contributed by atoms with van der Waals surface area (Å²) in [6, 6.07) is 9.45. The monoisotopic (exact) mass is 286 g/mol. The first-order valence-electron chi connectivity index (χ1n) is 7.03. The number of rotatable bonds is 4. The van der Waals surface area contributed by atoms with Gasteiger partial charge in [-0.15, -0.1) is 0 Å². The maximum atomic E-state index is 5.86. The van der Waals surface area contributed by atoms with Crippen molar-refractivity contribution in [3.8, 4) is 5.75 Å². The number of hydrogen-bond donors (Lipinski definition) is 2. The van der Waals surface area contributed by atoms with Gasteiger partial charge in [0.05, 0.1) is 6.61 Å². The van der Waals surface area contributed by atoms with Gasteiger partial charge in [-0.2, -0.15) is 0 Å². The standard InChI is InChI=1S/C16H22N4O/c1-5-21-12-8-6-11(7-9-12)18-14-10-13(17)19-15(20-14)16(2,3)4/h6-10H,5H2,1-4H3,(H3,17,18,19,20). The SMILES string of the molecule is CCOc1ccc(Nc2cc(N)nc(C(C)(C)C)n2)cc1. The van der Waals surface area contributed by atoms with Crippen molar-refractivity contribution in [3.63, 3.8) is 0 Å². The predicted molar refractivity (Wildman–Crippen MR) is 86.0 cm³/mol. The first kappa shape index (κ1) is 15.1. The van der Waals surface area contributed by atoms with Crippen molar-refractivity contribution in [2.24, 2.45) is 0 Å². The van der Waals surface area contributed by atoms with E-state index in [1.54, 1.807) is 6.07 Å². The second kappa shape index (κ2) is 5.99. The highest BCUT2D eigenvalue weighted by molar-refractivity contribution is 5.59. The van der Waals surface area contributed by atoms with E-state index in [1.165, 1.54) is 0 Å². The van der Waals surface area contributed by atoms with Crippen LogP contribution in [-0.2, 0) is 5.41 Å². The minimum absolute atomic E-state index is 0.148. The summed E-state index contributed by atoms with van der Waals surface area (Å²) in [7, 11) is 0. The molecule has 2 rings (SSSR count). The van der Waals surface area contributed by atoms with E-state index in [4.69, 9.17) is 10.5 Å². The van der Waals surface area contributed by atoms with Gasteiger partial charge in [0.25, 0.3) is 0 Å². The van der Waals surface area contributed by atoms with Crippen LogP contribution < -0.4 is 15.8 Å². The van der Waals surface area contributed by atoms with Crippen LogP contribution in [0.4, 0.5) is 17.3 Å². The Morgan fingerprint density at radius 1 is 1.14 bits per heavy atom. The van der Waals surface area contributed by atoms with Gasteiger partial charge < -0.3 is 15.8 Å². The van der Waals surface area contributed by atoms with E-state index in [9.17, 15) is 0 Å². The average molecular weight is 286 g/mol. The van der Waals surface area contributed by atoms with Crippen molar-refractivity contribution in [2.75, 3.05) is 17.7 Å². The first-order chi connectivity index (χ1) is 9.88. The Balaban J connectivity index is 2.21. The van der Waals surface area contributed by atoms with E-state index in [-0.39, 0.29) is 5.41 Å². The van der Waals surface area contributed by atoms with Crippen LogP contribution in [0.2, 0.25) is 0 Å². The van der Waals surface area contributed by atoms with Crippen LogP contribution in [-0.4, -0.2) is 16.6 Å². The summed E-state index contributed by atoms with van der Waals surface area (Å²) in [6.45, 7) is 8.79. The molecule has 5 nitrogen and oxygen atoms in total. The Labute approximate surface area is 125 Å². The molecule has 0 saturated carbocycles. The lowest BCUT2D eigenvalue weighted by Crippen LogP contribution is -2.17. The third-order valence-electron chi connectivity index (χ3n) is 2.85. The molecule has 2 aromatic rings. The molecule has 21 heavy (non-hydrogen) atoms. The van der Waals surface area contributed by atoms with Gasteiger partial charge in [-0.1, -0.05) is 20.8 Å². The fraction of sp³-hybridized carbons (Fsp3) is 0.375. The Morgan fingerprint density at radius 2 is 1.81 bits per heavy atom. The molecule has 3 N–H and O–H groups in total. The molecule has 0 unspecified atom stereocenters. The average Bonchev–Trinajstić information content (AvgIpc) is 2.40.